The Balaban J connectivity index is 1.92. The molecule has 3 aromatic rings. The zero-order chi connectivity index (χ0) is 16.6. The van der Waals surface area contributed by atoms with Crippen LogP contribution in [0.15, 0.2) is 59.6 Å². The molecule has 1 unspecified atom stereocenters. The Labute approximate surface area is 136 Å². The van der Waals surface area contributed by atoms with Crippen LogP contribution in [-0.4, -0.2) is 18.4 Å². The third kappa shape index (κ3) is 2.90. The predicted octanol–water partition coefficient (Wildman–Crippen LogP) is 3.02. The predicted molar refractivity (Wildman–Crippen MR) is 93.0 cm³/mol. The van der Waals surface area contributed by atoms with Crippen LogP contribution in [0.25, 0.3) is 10.9 Å². The van der Waals surface area contributed by atoms with Crippen LogP contribution < -0.4 is 5.73 Å². The first kappa shape index (κ1) is 15.8. The summed E-state index contributed by atoms with van der Waals surface area (Å²) in [5, 5.41) is 0.133. The lowest BCUT2D eigenvalue weighted by molar-refractivity contribution is 0.563. The molecular weight excluding hydrogens is 308 g/mol. The van der Waals surface area contributed by atoms with Gasteiger partial charge in [-0.25, -0.2) is 8.42 Å². The summed E-state index contributed by atoms with van der Waals surface area (Å²) in [5.74, 6) is 0. The largest absolute Gasteiger partial charge is 0.345 e. The van der Waals surface area contributed by atoms with Gasteiger partial charge in [0.25, 0.3) is 0 Å². The molecule has 0 radical (unpaired) electrons. The smallest absolute Gasteiger partial charge is 0.195 e. The monoisotopic (exact) mass is 328 g/mol. The molecule has 1 atom stereocenters. The van der Waals surface area contributed by atoms with Crippen LogP contribution in [0, 0.1) is 13.8 Å². The third-order valence-electron chi connectivity index (χ3n) is 4.16. The van der Waals surface area contributed by atoms with Gasteiger partial charge in [0.05, 0.1) is 11.4 Å². The maximum atomic E-state index is 12.6. The summed E-state index contributed by atoms with van der Waals surface area (Å²) >= 11 is 0. The normalized spacial score (nSPS) is 13.3. The molecule has 0 fully saturated rings. The minimum absolute atomic E-state index is 0.225. The number of fused-ring (bicyclic) bond motifs is 1. The molecule has 0 aliphatic rings. The third-order valence-corrected chi connectivity index (χ3v) is 6.03. The topological polar surface area (TPSA) is 65.1 Å². The molecule has 0 aliphatic carbocycles. The van der Waals surface area contributed by atoms with Crippen molar-refractivity contribution >= 4 is 20.7 Å². The van der Waals surface area contributed by atoms with Crippen molar-refractivity contribution in [3.63, 3.8) is 0 Å². The van der Waals surface area contributed by atoms with Gasteiger partial charge in [0.1, 0.15) is 5.37 Å². The maximum Gasteiger partial charge on any atom is 0.195 e. The van der Waals surface area contributed by atoms with Crippen molar-refractivity contribution in [3.8, 4) is 0 Å². The Morgan fingerprint density at radius 1 is 1.04 bits per heavy atom. The summed E-state index contributed by atoms with van der Waals surface area (Å²) in [5.41, 5.74) is 9.21. The zero-order valence-electron chi connectivity index (χ0n) is 13.2. The molecule has 0 amide bonds. The van der Waals surface area contributed by atoms with Gasteiger partial charge >= 0.3 is 0 Å². The van der Waals surface area contributed by atoms with Crippen LogP contribution in [0.4, 0.5) is 0 Å². The van der Waals surface area contributed by atoms with Gasteiger partial charge in [0.2, 0.25) is 0 Å². The van der Waals surface area contributed by atoms with E-state index in [4.69, 9.17) is 5.73 Å². The van der Waals surface area contributed by atoms with Gasteiger partial charge in [-0.2, -0.15) is 0 Å². The van der Waals surface area contributed by atoms with E-state index in [1.165, 1.54) is 0 Å². The number of hydrogen-bond donors (Lipinski definition) is 1. The molecule has 23 heavy (non-hydrogen) atoms. The minimum atomic E-state index is -3.55. The molecular formula is C18H20N2O2S. The number of nitrogens with two attached hydrogens (primary N) is 1. The number of sulfone groups is 1. The zero-order valence-corrected chi connectivity index (χ0v) is 14.0. The minimum Gasteiger partial charge on any atom is -0.345 e. The van der Waals surface area contributed by atoms with Gasteiger partial charge in [-0.3, -0.25) is 0 Å². The summed E-state index contributed by atoms with van der Waals surface area (Å²) < 4.78 is 27.2. The van der Waals surface area contributed by atoms with Crippen LogP contribution in [-0.2, 0) is 16.4 Å². The van der Waals surface area contributed by atoms with E-state index < -0.39 is 15.2 Å². The van der Waals surface area contributed by atoms with Gasteiger partial charge in [0.15, 0.2) is 9.84 Å². The van der Waals surface area contributed by atoms with Crippen molar-refractivity contribution < 1.29 is 8.42 Å². The van der Waals surface area contributed by atoms with Crippen LogP contribution >= 0.6 is 0 Å². The van der Waals surface area contributed by atoms with Crippen molar-refractivity contribution in [2.24, 2.45) is 5.73 Å². The number of aryl methyl sites for hydroxylation is 2. The fourth-order valence-corrected chi connectivity index (χ4v) is 3.95. The van der Waals surface area contributed by atoms with E-state index in [1.807, 2.05) is 48.9 Å². The van der Waals surface area contributed by atoms with Crippen molar-refractivity contribution in [1.29, 1.82) is 0 Å². The number of rotatable bonds is 4. The lowest BCUT2D eigenvalue weighted by atomic mass is 10.1. The summed E-state index contributed by atoms with van der Waals surface area (Å²) in [6.45, 7) is 4.18. The van der Waals surface area contributed by atoms with Crippen LogP contribution in [0.3, 0.4) is 0 Å². The van der Waals surface area contributed by atoms with Crippen molar-refractivity contribution in [2.75, 3.05) is 0 Å². The summed E-state index contributed by atoms with van der Waals surface area (Å²) in [4.78, 5) is 0.267. The van der Waals surface area contributed by atoms with Crippen molar-refractivity contribution in [2.45, 2.75) is 30.7 Å². The lowest BCUT2D eigenvalue weighted by Gasteiger charge is -2.15. The van der Waals surface area contributed by atoms with Gasteiger partial charge in [-0.05, 0) is 43.7 Å². The Hall–Kier alpha value is -2.11. The standard InChI is InChI=1S/C18H20N2O2S/c1-13-6-8-15(9-7-13)23(21,22)18(19)12-20-11-10-16-14(2)4-3-5-17(16)20/h3-11,18H,12,19H2,1-2H3. The molecule has 1 aromatic heterocycles. The first-order chi connectivity index (χ1) is 10.9. The average Bonchev–Trinajstić information content (AvgIpc) is 2.92. The SMILES string of the molecule is Cc1ccc(S(=O)(=O)C(N)Cn2ccc3c(C)cccc32)cc1. The first-order valence-corrected chi connectivity index (χ1v) is 9.05. The Kier molecular flexibility index (Phi) is 4.00. The van der Waals surface area contributed by atoms with E-state index in [9.17, 15) is 8.42 Å². The molecule has 0 saturated carbocycles. The van der Waals surface area contributed by atoms with Crippen LogP contribution in [0.1, 0.15) is 11.1 Å². The summed E-state index contributed by atoms with van der Waals surface area (Å²) in [6, 6.07) is 14.8. The average molecular weight is 328 g/mol. The molecule has 1 heterocycles. The van der Waals surface area contributed by atoms with Crippen molar-refractivity contribution in [1.82, 2.24) is 4.57 Å². The Morgan fingerprint density at radius 2 is 1.74 bits per heavy atom. The number of hydrogen-bond acceptors (Lipinski definition) is 3. The molecule has 120 valence electrons. The van der Waals surface area contributed by atoms with E-state index in [1.54, 1.807) is 24.3 Å². The quantitative estimate of drug-likeness (QED) is 0.800. The van der Waals surface area contributed by atoms with E-state index >= 15 is 0 Å². The number of benzene rings is 2. The van der Waals surface area contributed by atoms with Gasteiger partial charge in [-0.15, -0.1) is 0 Å². The number of aromatic nitrogens is 1. The lowest BCUT2D eigenvalue weighted by Crippen LogP contribution is -2.34. The highest BCUT2D eigenvalue weighted by atomic mass is 32.2. The Bertz CT molecular complexity index is 941. The van der Waals surface area contributed by atoms with E-state index in [0.717, 1.165) is 22.0 Å². The molecule has 0 bridgehead atoms. The van der Waals surface area contributed by atoms with E-state index in [0.29, 0.717) is 0 Å². The highest BCUT2D eigenvalue weighted by Crippen LogP contribution is 2.21. The Morgan fingerprint density at radius 3 is 2.43 bits per heavy atom. The van der Waals surface area contributed by atoms with Gasteiger partial charge < -0.3 is 10.3 Å². The molecule has 0 aliphatic heterocycles. The van der Waals surface area contributed by atoms with Crippen LogP contribution in [0.2, 0.25) is 0 Å². The second-order valence-corrected chi connectivity index (χ2v) is 8.04. The molecule has 0 spiro atoms. The first-order valence-electron chi connectivity index (χ1n) is 7.50. The molecule has 2 aromatic carbocycles. The molecule has 3 rings (SSSR count). The maximum absolute atomic E-state index is 12.6. The van der Waals surface area contributed by atoms with E-state index in [2.05, 4.69) is 0 Å². The molecule has 4 nitrogen and oxygen atoms in total. The fourth-order valence-electron chi connectivity index (χ4n) is 2.73. The summed E-state index contributed by atoms with van der Waals surface area (Å²) in [7, 11) is -3.55. The molecule has 0 saturated heterocycles. The highest BCUT2D eigenvalue weighted by Gasteiger charge is 2.24. The second-order valence-electron chi connectivity index (χ2n) is 5.87. The molecule has 2 N–H and O–H groups in total. The second kappa shape index (κ2) is 5.83. The van der Waals surface area contributed by atoms with Crippen LogP contribution in [0.5, 0.6) is 0 Å². The van der Waals surface area contributed by atoms with Crippen molar-refractivity contribution in [3.05, 3.63) is 65.9 Å². The number of nitrogens with zero attached hydrogens (tertiary/aromatic N) is 1. The summed E-state index contributed by atoms with van der Waals surface area (Å²) in [6.07, 6.45) is 1.89. The fraction of sp³-hybridized carbons (Fsp3) is 0.222. The van der Waals surface area contributed by atoms with E-state index in [-0.39, 0.29) is 11.4 Å². The van der Waals surface area contributed by atoms with Gasteiger partial charge in [-0.1, -0.05) is 29.8 Å². The molecule has 5 heteroatoms. The van der Waals surface area contributed by atoms with Gasteiger partial charge in [0, 0.05) is 17.1 Å². The highest BCUT2D eigenvalue weighted by molar-refractivity contribution is 7.92.